The molecule has 1 saturated heterocycles. The van der Waals surface area contributed by atoms with Crippen LogP contribution in [0.3, 0.4) is 0 Å². The minimum atomic E-state index is 0.00557. The van der Waals surface area contributed by atoms with E-state index in [1.54, 1.807) is 0 Å². The van der Waals surface area contributed by atoms with Gasteiger partial charge in [-0.25, -0.2) is 0 Å². The first-order valence-electron chi connectivity index (χ1n) is 9.01. The number of carbonyl (C=O) groups excluding carboxylic acids is 1. The Hall–Kier alpha value is -1.43. The summed E-state index contributed by atoms with van der Waals surface area (Å²) >= 11 is 0. The van der Waals surface area contributed by atoms with Gasteiger partial charge >= 0.3 is 0 Å². The van der Waals surface area contributed by atoms with Gasteiger partial charge in [0, 0.05) is 44.3 Å². The van der Waals surface area contributed by atoms with Crippen molar-refractivity contribution in [1.29, 1.82) is 0 Å². The highest BCUT2D eigenvalue weighted by molar-refractivity contribution is 5.94. The van der Waals surface area contributed by atoms with Gasteiger partial charge in [0.2, 0.25) is 0 Å². The summed E-state index contributed by atoms with van der Waals surface area (Å²) in [6, 6.07) is 8.49. The fourth-order valence-electron chi connectivity index (χ4n) is 2.91. The molecule has 0 bridgehead atoms. The molecule has 1 amide bonds. The van der Waals surface area contributed by atoms with Crippen molar-refractivity contribution in [2.24, 2.45) is 0 Å². The first-order valence-corrected chi connectivity index (χ1v) is 9.01. The smallest absolute Gasteiger partial charge is 0.251 e. The molecule has 0 aliphatic carbocycles. The fourth-order valence-corrected chi connectivity index (χ4v) is 2.91. The molecular weight excluding hydrogens is 302 g/mol. The molecule has 0 atom stereocenters. The zero-order chi connectivity index (χ0) is 17.4. The minimum absolute atomic E-state index is 0.00557. The van der Waals surface area contributed by atoms with Crippen LogP contribution in [0, 0.1) is 0 Å². The molecule has 1 aliphatic heterocycles. The second-order valence-corrected chi connectivity index (χ2v) is 6.56. The van der Waals surface area contributed by atoms with Crippen molar-refractivity contribution in [2.75, 3.05) is 45.9 Å². The summed E-state index contributed by atoms with van der Waals surface area (Å²) in [7, 11) is 0. The van der Waals surface area contributed by atoms with Crippen molar-refractivity contribution in [3.05, 3.63) is 35.4 Å². The van der Waals surface area contributed by atoms with E-state index in [2.05, 4.69) is 48.0 Å². The second kappa shape index (κ2) is 9.77. The Labute approximate surface area is 146 Å². The monoisotopic (exact) mass is 333 g/mol. The highest BCUT2D eigenvalue weighted by Gasteiger charge is 2.11. The molecule has 1 aliphatic rings. The number of morpholine rings is 1. The van der Waals surface area contributed by atoms with Crippen LogP contribution in [0.25, 0.3) is 0 Å². The molecule has 1 heterocycles. The maximum Gasteiger partial charge on any atom is 0.251 e. The fraction of sp³-hybridized carbons (Fsp3) is 0.632. The second-order valence-electron chi connectivity index (χ2n) is 6.56. The number of hydrogen-bond acceptors (Lipinski definition) is 4. The predicted molar refractivity (Wildman–Crippen MR) is 97.3 cm³/mol. The maximum atomic E-state index is 12.2. The number of amides is 1. The number of carbonyl (C=O) groups is 1. The Morgan fingerprint density at radius 1 is 1.25 bits per heavy atom. The SMILES string of the molecule is CCN(Cc1ccc(C(=O)NCCN2CCOCC2)cc1)C(C)C. The van der Waals surface area contributed by atoms with Crippen molar-refractivity contribution in [2.45, 2.75) is 33.4 Å². The van der Waals surface area contributed by atoms with Crippen molar-refractivity contribution < 1.29 is 9.53 Å². The summed E-state index contributed by atoms with van der Waals surface area (Å²) in [4.78, 5) is 16.9. The van der Waals surface area contributed by atoms with Gasteiger partial charge in [-0.15, -0.1) is 0 Å². The predicted octanol–water partition coefficient (Wildman–Crippen LogP) is 1.98. The molecule has 5 nitrogen and oxygen atoms in total. The zero-order valence-corrected chi connectivity index (χ0v) is 15.3. The Morgan fingerprint density at radius 3 is 2.50 bits per heavy atom. The molecule has 1 aromatic rings. The highest BCUT2D eigenvalue weighted by atomic mass is 16.5. The highest BCUT2D eigenvalue weighted by Crippen LogP contribution is 2.10. The molecule has 1 aromatic carbocycles. The Kier molecular flexibility index (Phi) is 7.69. The summed E-state index contributed by atoms with van der Waals surface area (Å²) in [5.74, 6) is 0.00557. The Balaban J connectivity index is 1.78. The number of hydrogen-bond donors (Lipinski definition) is 1. The molecule has 1 N–H and O–H groups in total. The van der Waals surface area contributed by atoms with Crippen LogP contribution < -0.4 is 5.32 Å². The maximum absolute atomic E-state index is 12.2. The van der Waals surface area contributed by atoms with Gasteiger partial charge in [0.05, 0.1) is 13.2 Å². The van der Waals surface area contributed by atoms with E-state index >= 15 is 0 Å². The Morgan fingerprint density at radius 2 is 1.92 bits per heavy atom. The number of rotatable bonds is 8. The van der Waals surface area contributed by atoms with Gasteiger partial charge in [0.1, 0.15) is 0 Å². The third kappa shape index (κ3) is 5.89. The van der Waals surface area contributed by atoms with Gasteiger partial charge in [0.25, 0.3) is 5.91 Å². The first kappa shape index (κ1) is 18.9. The van der Waals surface area contributed by atoms with Crippen LogP contribution in [0.5, 0.6) is 0 Å². The van der Waals surface area contributed by atoms with Crippen LogP contribution in [-0.4, -0.2) is 67.7 Å². The van der Waals surface area contributed by atoms with Crippen LogP contribution in [0.15, 0.2) is 24.3 Å². The van der Waals surface area contributed by atoms with E-state index in [4.69, 9.17) is 4.74 Å². The lowest BCUT2D eigenvalue weighted by Gasteiger charge is -2.26. The Bertz CT molecular complexity index is 496. The normalized spacial score (nSPS) is 15.9. The van der Waals surface area contributed by atoms with Crippen molar-refractivity contribution in [1.82, 2.24) is 15.1 Å². The lowest BCUT2D eigenvalue weighted by molar-refractivity contribution is 0.0383. The van der Waals surface area contributed by atoms with E-state index in [1.807, 2.05) is 12.1 Å². The quantitative estimate of drug-likeness (QED) is 0.790. The molecule has 0 saturated carbocycles. The van der Waals surface area contributed by atoms with Crippen molar-refractivity contribution >= 4 is 5.91 Å². The van der Waals surface area contributed by atoms with Gasteiger partial charge in [0.15, 0.2) is 0 Å². The summed E-state index contributed by atoms with van der Waals surface area (Å²) in [5, 5.41) is 3.00. The first-order chi connectivity index (χ1) is 11.6. The van der Waals surface area contributed by atoms with Gasteiger partial charge in [-0.3, -0.25) is 14.6 Å². The van der Waals surface area contributed by atoms with E-state index < -0.39 is 0 Å². The van der Waals surface area contributed by atoms with Crippen LogP contribution in [-0.2, 0) is 11.3 Å². The van der Waals surface area contributed by atoms with Gasteiger partial charge in [-0.05, 0) is 38.1 Å². The number of nitrogens with zero attached hydrogens (tertiary/aromatic N) is 2. The molecule has 0 spiro atoms. The van der Waals surface area contributed by atoms with E-state index in [0.29, 0.717) is 12.6 Å². The summed E-state index contributed by atoms with van der Waals surface area (Å²) in [6.07, 6.45) is 0. The largest absolute Gasteiger partial charge is 0.379 e. The van der Waals surface area contributed by atoms with E-state index in [9.17, 15) is 4.79 Å². The van der Waals surface area contributed by atoms with Crippen LogP contribution in [0.2, 0.25) is 0 Å². The van der Waals surface area contributed by atoms with E-state index in [1.165, 1.54) is 5.56 Å². The molecular formula is C19H31N3O2. The average Bonchev–Trinajstić information content (AvgIpc) is 2.60. The van der Waals surface area contributed by atoms with Crippen LogP contribution in [0.1, 0.15) is 36.7 Å². The molecule has 24 heavy (non-hydrogen) atoms. The van der Waals surface area contributed by atoms with Crippen molar-refractivity contribution in [3.63, 3.8) is 0 Å². The van der Waals surface area contributed by atoms with E-state index in [0.717, 1.165) is 51.5 Å². The topological polar surface area (TPSA) is 44.8 Å². The van der Waals surface area contributed by atoms with Crippen molar-refractivity contribution in [3.8, 4) is 0 Å². The zero-order valence-electron chi connectivity index (χ0n) is 15.3. The summed E-state index contributed by atoms with van der Waals surface area (Å²) in [5.41, 5.74) is 1.98. The lowest BCUT2D eigenvalue weighted by atomic mass is 10.1. The number of ether oxygens (including phenoxy) is 1. The standard InChI is InChI=1S/C19H31N3O2/c1-4-22(16(2)3)15-17-5-7-18(8-6-17)19(23)20-9-10-21-11-13-24-14-12-21/h5-8,16H,4,9-15H2,1-3H3,(H,20,23). The van der Waals surface area contributed by atoms with Crippen LogP contribution >= 0.6 is 0 Å². The number of benzene rings is 1. The lowest BCUT2D eigenvalue weighted by Crippen LogP contribution is -2.41. The third-order valence-electron chi connectivity index (χ3n) is 4.56. The molecule has 0 radical (unpaired) electrons. The van der Waals surface area contributed by atoms with Crippen LogP contribution in [0.4, 0.5) is 0 Å². The molecule has 134 valence electrons. The molecule has 0 unspecified atom stereocenters. The molecule has 2 rings (SSSR count). The molecule has 5 heteroatoms. The molecule has 0 aromatic heterocycles. The van der Waals surface area contributed by atoms with Gasteiger partial charge in [-0.2, -0.15) is 0 Å². The minimum Gasteiger partial charge on any atom is -0.379 e. The number of nitrogens with one attached hydrogen (secondary N) is 1. The van der Waals surface area contributed by atoms with Gasteiger partial charge < -0.3 is 10.1 Å². The molecule has 1 fully saturated rings. The average molecular weight is 333 g/mol. The summed E-state index contributed by atoms with van der Waals surface area (Å²) in [6.45, 7) is 13.6. The third-order valence-corrected chi connectivity index (χ3v) is 4.56. The van der Waals surface area contributed by atoms with E-state index in [-0.39, 0.29) is 5.91 Å². The summed E-state index contributed by atoms with van der Waals surface area (Å²) < 4.78 is 5.33. The van der Waals surface area contributed by atoms with Gasteiger partial charge in [-0.1, -0.05) is 19.1 Å².